The number of amides is 1. The average Bonchev–Trinajstić information content (AvgIpc) is 3.71. The van der Waals surface area contributed by atoms with Gasteiger partial charge in [0.05, 0.1) is 31.3 Å². The number of carbonyl (C=O) groups excluding carboxylic acids is 2. The number of benzene rings is 3. The molecule has 9 nitrogen and oxygen atoms in total. The highest BCUT2D eigenvalue weighted by molar-refractivity contribution is 5.77. The van der Waals surface area contributed by atoms with Crippen molar-refractivity contribution in [2.24, 2.45) is 57.7 Å². The number of rotatable bonds is 20. The highest BCUT2D eigenvalue weighted by Crippen LogP contribution is 2.68. The van der Waals surface area contributed by atoms with Crippen molar-refractivity contribution in [3.8, 4) is 0 Å². The van der Waals surface area contributed by atoms with Crippen LogP contribution in [0.1, 0.15) is 149 Å². The minimum atomic E-state index is -0.909. The van der Waals surface area contributed by atoms with Gasteiger partial charge in [0, 0.05) is 0 Å². The van der Waals surface area contributed by atoms with E-state index in [1.165, 1.54) is 57.8 Å². The fraction of sp³-hybridized carbons (Fsp3) is 0.672. The van der Waals surface area contributed by atoms with E-state index >= 15 is 0 Å². The molecule has 5 aliphatic rings. The predicted octanol–water partition coefficient (Wildman–Crippen LogP) is 12.7. The molecule has 1 unspecified atom stereocenters. The average molecular weight is 962 g/mol. The SMILES string of the molecule is CC(C)CCC[C@@H](C)[C@H]1CC[C@H]2[C@@H]3CCC4C[C@@H](O[C@@H]5O[C@H](COC(=O)C(C)(C)C)[C@@H](OCc6ccccc6)[C@H](OCc6ccccc6)[C@H]5NC(=O)COCc5ccccc5)CC[C@]4(C)[C@H]3CC[C@]12C. The quantitative estimate of drug-likeness (QED) is 0.0883. The molecule has 14 atom stereocenters. The smallest absolute Gasteiger partial charge is 0.311 e. The molecule has 3 aromatic carbocycles. The van der Waals surface area contributed by atoms with E-state index in [9.17, 15) is 9.59 Å². The molecule has 4 saturated carbocycles. The number of carbonyl (C=O) groups is 2. The Morgan fingerprint density at radius 2 is 1.31 bits per heavy atom. The van der Waals surface area contributed by atoms with Crippen molar-refractivity contribution >= 4 is 11.9 Å². The third-order valence-corrected chi connectivity index (χ3v) is 18.0. The zero-order chi connectivity index (χ0) is 49.5. The molecule has 5 fully saturated rings. The van der Waals surface area contributed by atoms with Gasteiger partial charge in [-0.15, -0.1) is 0 Å². The molecule has 384 valence electrons. The van der Waals surface area contributed by atoms with Gasteiger partial charge in [-0.25, -0.2) is 0 Å². The van der Waals surface area contributed by atoms with Gasteiger partial charge in [0.2, 0.25) is 5.91 Å². The maximum atomic E-state index is 14.1. The van der Waals surface area contributed by atoms with Crippen LogP contribution in [0, 0.1) is 57.7 Å². The predicted molar refractivity (Wildman–Crippen MR) is 275 cm³/mol. The van der Waals surface area contributed by atoms with Crippen LogP contribution in [0.15, 0.2) is 91.0 Å². The summed E-state index contributed by atoms with van der Waals surface area (Å²) >= 11 is 0. The number of ether oxygens (including phenoxy) is 6. The Hall–Kier alpha value is -3.60. The zero-order valence-electron chi connectivity index (χ0n) is 44.0. The first-order chi connectivity index (χ1) is 33.6. The van der Waals surface area contributed by atoms with Gasteiger partial charge in [-0.1, -0.05) is 145 Å². The Kier molecular flexibility index (Phi) is 17.7. The normalized spacial score (nSPS) is 33.4. The van der Waals surface area contributed by atoms with Crippen molar-refractivity contribution in [2.75, 3.05) is 13.2 Å². The van der Waals surface area contributed by atoms with Crippen molar-refractivity contribution in [3.63, 3.8) is 0 Å². The molecule has 0 aromatic heterocycles. The fourth-order valence-corrected chi connectivity index (χ4v) is 14.2. The van der Waals surface area contributed by atoms with E-state index in [2.05, 4.69) is 39.9 Å². The maximum Gasteiger partial charge on any atom is 0.311 e. The fourth-order valence-electron chi connectivity index (χ4n) is 14.2. The summed E-state index contributed by atoms with van der Waals surface area (Å²) in [6, 6.07) is 29.1. The van der Waals surface area contributed by atoms with E-state index in [0.29, 0.717) is 17.9 Å². The summed E-state index contributed by atoms with van der Waals surface area (Å²) in [4.78, 5) is 27.5. The van der Waals surface area contributed by atoms with Crippen LogP contribution in [-0.2, 0) is 57.8 Å². The molecular weight excluding hydrogens is 875 g/mol. The summed E-state index contributed by atoms with van der Waals surface area (Å²) in [7, 11) is 0. The second-order valence-electron chi connectivity index (χ2n) is 24.2. The molecule has 1 amide bonds. The van der Waals surface area contributed by atoms with Crippen LogP contribution in [0.3, 0.4) is 0 Å². The third-order valence-electron chi connectivity index (χ3n) is 18.0. The summed E-state index contributed by atoms with van der Waals surface area (Å²) in [6.45, 7) is 18.8. The standard InChI is InChI=1S/C61H87NO8/c1-41(2)19-18-20-42(3)49-29-30-50-48-28-27-46-35-47(31-33-60(46,7)51(48)32-34-61(49,50)8)69-57-54(62-53(63)40-65-36-43-21-12-9-13-22-43)56(67-38-45-25-16-11-17-26-45)55(66-37-44-23-14-10-15-24-44)52(70-57)39-68-58(64)59(4,5)6/h9-17,21-26,41-42,46-52,54-57H,18-20,27-40H2,1-8H3,(H,62,63)/t42-,46?,47+,48+,49-,50+,51+,52-,54-,55-,56-,57-,60+,61-/m1/s1. The van der Waals surface area contributed by atoms with Gasteiger partial charge < -0.3 is 33.7 Å². The van der Waals surface area contributed by atoms with Crippen molar-refractivity contribution in [1.29, 1.82) is 0 Å². The van der Waals surface area contributed by atoms with E-state index in [1.54, 1.807) is 0 Å². The number of hydrogen-bond donors (Lipinski definition) is 1. The Morgan fingerprint density at radius 3 is 1.94 bits per heavy atom. The number of fused-ring (bicyclic) bond motifs is 5. The third kappa shape index (κ3) is 12.6. The van der Waals surface area contributed by atoms with Crippen LogP contribution in [0.2, 0.25) is 0 Å². The van der Waals surface area contributed by atoms with Gasteiger partial charge in [0.25, 0.3) is 0 Å². The number of hydrogen-bond acceptors (Lipinski definition) is 8. The highest BCUT2D eigenvalue weighted by atomic mass is 16.7. The van der Waals surface area contributed by atoms with Gasteiger partial charge in [0.15, 0.2) is 6.29 Å². The molecule has 1 aliphatic heterocycles. The Labute approximate surface area is 421 Å². The molecule has 1 N–H and O–H groups in total. The molecule has 9 heteroatoms. The van der Waals surface area contributed by atoms with Crippen molar-refractivity contribution in [2.45, 2.75) is 189 Å². The van der Waals surface area contributed by atoms with Gasteiger partial charge >= 0.3 is 5.97 Å². The van der Waals surface area contributed by atoms with Gasteiger partial charge in [-0.3, -0.25) is 9.59 Å². The summed E-state index contributed by atoms with van der Waals surface area (Å²) in [5.41, 5.74) is 2.95. The van der Waals surface area contributed by atoms with Gasteiger partial charge in [-0.05, 0) is 148 Å². The molecule has 1 heterocycles. The Balaban J connectivity index is 1.03. The summed E-state index contributed by atoms with van der Waals surface area (Å²) < 4.78 is 40.1. The molecular formula is C61H87NO8. The van der Waals surface area contributed by atoms with E-state index in [0.717, 1.165) is 71.5 Å². The van der Waals surface area contributed by atoms with Crippen molar-refractivity contribution < 1.29 is 38.0 Å². The second-order valence-corrected chi connectivity index (χ2v) is 24.2. The lowest BCUT2D eigenvalue weighted by Crippen LogP contribution is -2.67. The topological polar surface area (TPSA) is 102 Å². The van der Waals surface area contributed by atoms with Gasteiger partial charge in [0.1, 0.15) is 37.6 Å². The molecule has 3 aromatic rings. The maximum absolute atomic E-state index is 14.1. The summed E-state index contributed by atoms with van der Waals surface area (Å²) in [5, 5.41) is 3.30. The second kappa shape index (κ2) is 23.5. The van der Waals surface area contributed by atoms with Crippen LogP contribution in [0.4, 0.5) is 0 Å². The number of nitrogens with one attached hydrogen (secondary N) is 1. The molecule has 70 heavy (non-hydrogen) atoms. The van der Waals surface area contributed by atoms with Crippen molar-refractivity contribution in [1.82, 2.24) is 5.32 Å². The minimum absolute atomic E-state index is 0.0619. The van der Waals surface area contributed by atoms with E-state index in [-0.39, 0.29) is 49.8 Å². The summed E-state index contributed by atoms with van der Waals surface area (Å²) in [6.07, 6.45) is 11.9. The van der Waals surface area contributed by atoms with Crippen LogP contribution >= 0.6 is 0 Å². The molecule has 8 rings (SSSR count). The Morgan fingerprint density at radius 1 is 0.714 bits per heavy atom. The van der Waals surface area contributed by atoms with Crippen LogP contribution < -0.4 is 5.32 Å². The molecule has 0 bridgehead atoms. The lowest BCUT2D eigenvalue weighted by molar-refractivity contribution is -0.304. The molecule has 4 aliphatic carbocycles. The van der Waals surface area contributed by atoms with E-state index in [1.807, 2.05) is 112 Å². The highest BCUT2D eigenvalue weighted by Gasteiger charge is 2.61. The summed E-state index contributed by atoms with van der Waals surface area (Å²) in [5.74, 6) is 4.74. The zero-order valence-corrected chi connectivity index (χ0v) is 44.0. The minimum Gasteiger partial charge on any atom is -0.462 e. The van der Waals surface area contributed by atoms with Crippen LogP contribution in [0.5, 0.6) is 0 Å². The van der Waals surface area contributed by atoms with Crippen LogP contribution in [-0.4, -0.2) is 61.8 Å². The van der Waals surface area contributed by atoms with E-state index in [4.69, 9.17) is 28.4 Å². The lowest BCUT2D eigenvalue weighted by Gasteiger charge is -2.61. The first-order valence-electron chi connectivity index (χ1n) is 27.3. The lowest BCUT2D eigenvalue weighted by atomic mass is 9.44. The van der Waals surface area contributed by atoms with E-state index < -0.39 is 36.1 Å². The molecule has 1 saturated heterocycles. The first kappa shape index (κ1) is 52.7. The largest absolute Gasteiger partial charge is 0.462 e. The van der Waals surface area contributed by atoms with Gasteiger partial charge in [-0.2, -0.15) is 0 Å². The van der Waals surface area contributed by atoms with Crippen molar-refractivity contribution in [3.05, 3.63) is 108 Å². The molecule has 0 spiro atoms. The first-order valence-corrected chi connectivity index (χ1v) is 27.3. The number of esters is 1. The Bertz CT molecular complexity index is 2090. The van der Waals surface area contributed by atoms with Crippen LogP contribution in [0.25, 0.3) is 0 Å². The monoisotopic (exact) mass is 962 g/mol. The molecule has 0 radical (unpaired) electrons.